The Labute approximate surface area is 82.9 Å². The Kier molecular flexibility index (Phi) is 2.46. The third-order valence-electron chi connectivity index (χ3n) is 3.58. The van der Waals surface area contributed by atoms with Gasteiger partial charge in [0, 0.05) is 0 Å². The van der Waals surface area contributed by atoms with Gasteiger partial charge in [0.25, 0.3) is 0 Å². The number of hydrogen-bond donors (Lipinski definition) is 4. The van der Waals surface area contributed by atoms with E-state index >= 15 is 0 Å². The van der Waals surface area contributed by atoms with Crippen LogP contribution in [0, 0.1) is 0 Å². The van der Waals surface area contributed by atoms with Gasteiger partial charge in [-0.15, -0.1) is 0 Å². The molecule has 0 radical (unpaired) electrons. The van der Waals surface area contributed by atoms with E-state index < -0.39 is 29.2 Å². The summed E-state index contributed by atoms with van der Waals surface area (Å²) in [5.41, 5.74) is -5.39. The number of rotatable bonds is 0. The normalized spacial score (nSPS) is 60.0. The molecule has 1 aliphatic rings. The second-order valence-electron chi connectivity index (χ2n) is 4.50. The van der Waals surface area contributed by atoms with Crippen molar-refractivity contribution in [2.75, 3.05) is 0 Å². The van der Waals surface area contributed by atoms with E-state index in [1.54, 1.807) is 0 Å². The first-order valence-electron chi connectivity index (χ1n) is 4.56. The summed E-state index contributed by atoms with van der Waals surface area (Å²) in [6, 6.07) is 0. The Morgan fingerprint density at radius 1 is 1.00 bits per heavy atom. The minimum atomic E-state index is -1.91. The Balaban J connectivity index is 3.17. The molecule has 1 fully saturated rings. The summed E-state index contributed by atoms with van der Waals surface area (Å²) >= 11 is 0. The first-order valence-corrected chi connectivity index (χ1v) is 4.56. The fourth-order valence-corrected chi connectivity index (χ4v) is 1.61. The molecule has 1 heterocycles. The van der Waals surface area contributed by atoms with Crippen molar-refractivity contribution in [2.24, 2.45) is 0 Å². The molecule has 5 heteroatoms. The molecule has 0 saturated carbocycles. The molecule has 0 aliphatic carbocycles. The highest BCUT2D eigenvalue weighted by Crippen LogP contribution is 2.42. The number of aliphatic hydroxyl groups is 4. The van der Waals surface area contributed by atoms with Crippen LogP contribution < -0.4 is 0 Å². The SMILES string of the molecule is CC1O[C@@H](O)C(C)(O)[C@](C)(O)[C@]1(C)O. The zero-order valence-electron chi connectivity index (χ0n) is 8.85. The minimum absolute atomic E-state index is 0.771. The van der Waals surface area contributed by atoms with Crippen LogP contribution in [-0.4, -0.2) is 49.6 Å². The smallest absolute Gasteiger partial charge is 0.186 e. The topological polar surface area (TPSA) is 90.2 Å². The maximum Gasteiger partial charge on any atom is 0.186 e. The van der Waals surface area contributed by atoms with E-state index in [9.17, 15) is 20.4 Å². The van der Waals surface area contributed by atoms with Crippen molar-refractivity contribution < 1.29 is 25.2 Å². The van der Waals surface area contributed by atoms with Crippen LogP contribution >= 0.6 is 0 Å². The van der Waals surface area contributed by atoms with Crippen molar-refractivity contribution in [3.8, 4) is 0 Å². The van der Waals surface area contributed by atoms with Crippen LogP contribution in [0.15, 0.2) is 0 Å². The standard InChI is InChI=1S/C9H18O5/c1-5-7(2,11)9(4,13)8(3,12)6(10)14-5/h5-6,10-13H,1-4H3/t5?,6-,7-,8?,9-/m1/s1. The quantitative estimate of drug-likeness (QED) is 0.407. The molecule has 0 amide bonds. The fourth-order valence-electron chi connectivity index (χ4n) is 1.61. The van der Waals surface area contributed by atoms with Gasteiger partial charge < -0.3 is 25.2 Å². The molecule has 0 bridgehead atoms. The average molecular weight is 206 g/mol. The molecule has 2 unspecified atom stereocenters. The molecular weight excluding hydrogens is 188 g/mol. The van der Waals surface area contributed by atoms with E-state index in [4.69, 9.17) is 4.74 Å². The zero-order chi connectivity index (χ0) is 11.4. The number of ether oxygens (including phenoxy) is 1. The molecular formula is C9H18O5. The maximum absolute atomic E-state index is 10.0. The fraction of sp³-hybridized carbons (Fsp3) is 1.00. The highest BCUT2D eigenvalue weighted by Gasteiger charge is 2.64. The van der Waals surface area contributed by atoms with Gasteiger partial charge in [-0.2, -0.15) is 0 Å². The molecule has 0 spiro atoms. The van der Waals surface area contributed by atoms with Crippen LogP contribution in [0.2, 0.25) is 0 Å². The second-order valence-corrected chi connectivity index (χ2v) is 4.50. The molecule has 5 nitrogen and oxygen atoms in total. The molecule has 0 aromatic heterocycles. The molecule has 4 N–H and O–H groups in total. The summed E-state index contributed by atoms with van der Waals surface area (Å²) in [6.07, 6.45) is -2.29. The van der Waals surface area contributed by atoms with E-state index in [-0.39, 0.29) is 0 Å². The summed E-state index contributed by atoms with van der Waals surface area (Å²) in [6.45, 7) is 5.37. The Bertz CT molecular complexity index is 211. The number of hydrogen-bond acceptors (Lipinski definition) is 5. The zero-order valence-corrected chi connectivity index (χ0v) is 8.85. The van der Waals surface area contributed by atoms with Crippen molar-refractivity contribution >= 4 is 0 Å². The van der Waals surface area contributed by atoms with E-state index in [0.29, 0.717) is 0 Å². The lowest BCUT2D eigenvalue weighted by atomic mass is 9.69. The molecule has 1 aliphatic heterocycles. The Hall–Kier alpha value is -0.200. The van der Waals surface area contributed by atoms with Gasteiger partial charge in [-0.05, 0) is 27.7 Å². The molecule has 84 valence electrons. The summed E-state index contributed by atoms with van der Waals surface area (Å²) in [7, 11) is 0. The van der Waals surface area contributed by atoms with Gasteiger partial charge in [-0.1, -0.05) is 0 Å². The van der Waals surface area contributed by atoms with Crippen molar-refractivity contribution in [1.29, 1.82) is 0 Å². The van der Waals surface area contributed by atoms with Crippen LogP contribution in [-0.2, 0) is 4.74 Å². The predicted octanol–water partition coefficient (Wildman–Crippen LogP) is -1.02. The third kappa shape index (κ3) is 1.20. The van der Waals surface area contributed by atoms with E-state index in [2.05, 4.69) is 0 Å². The average Bonchev–Trinajstić information content (AvgIpc) is 2.01. The van der Waals surface area contributed by atoms with E-state index in [1.165, 1.54) is 27.7 Å². The van der Waals surface area contributed by atoms with Crippen LogP contribution in [0.3, 0.4) is 0 Å². The van der Waals surface area contributed by atoms with Gasteiger partial charge >= 0.3 is 0 Å². The Morgan fingerprint density at radius 2 is 1.43 bits per heavy atom. The molecule has 0 aromatic rings. The molecule has 1 saturated heterocycles. The van der Waals surface area contributed by atoms with E-state index in [1.807, 2.05) is 0 Å². The number of aliphatic hydroxyl groups excluding tert-OH is 1. The highest BCUT2D eigenvalue weighted by atomic mass is 16.6. The van der Waals surface area contributed by atoms with E-state index in [0.717, 1.165) is 0 Å². The van der Waals surface area contributed by atoms with Crippen molar-refractivity contribution in [2.45, 2.75) is 56.9 Å². The van der Waals surface area contributed by atoms with Crippen molar-refractivity contribution in [3.05, 3.63) is 0 Å². The van der Waals surface area contributed by atoms with Gasteiger partial charge in [-0.25, -0.2) is 0 Å². The monoisotopic (exact) mass is 206 g/mol. The van der Waals surface area contributed by atoms with Crippen molar-refractivity contribution in [3.63, 3.8) is 0 Å². The minimum Gasteiger partial charge on any atom is -0.384 e. The summed E-state index contributed by atoms with van der Waals surface area (Å²) < 4.78 is 4.95. The lowest BCUT2D eigenvalue weighted by Gasteiger charge is -2.55. The summed E-state index contributed by atoms with van der Waals surface area (Å²) in [5.74, 6) is 0. The molecule has 14 heavy (non-hydrogen) atoms. The molecule has 1 rings (SSSR count). The summed E-state index contributed by atoms with van der Waals surface area (Å²) in [4.78, 5) is 0. The van der Waals surface area contributed by atoms with Crippen molar-refractivity contribution in [1.82, 2.24) is 0 Å². The van der Waals surface area contributed by atoms with Crippen LogP contribution in [0.4, 0.5) is 0 Å². The van der Waals surface area contributed by atoms with Crippen LogP contribution in [0.5, 0.6) is 0 Å². The predicted molar refractivity (Wildman–Crippen MR) is 48.4 cm³/mol. The van der Waals surface area contributed by atoms with Gasteiger partial charge in [-0.3, -0.25) is 0 Å². The lowest BCUT2D eigenvalue weighted by Crippen LogP contribution is -2.76. The summed E-state index contributed by atoms with van der Waals surface area (Å²) in [5, 5.41) is 39.3. The maximum atomic E-state index is 10.0. The second kappa shape index (κ2) is 2.90. The molecule has 0 aromatic carbocycles. The van der Waals surface area contributed by atoms with Gasteiger partial charge in [0.1, 0.15) is 16.8 Å². The van der Waals surface area contributed by atoms with Crippen LogP contribution in [0.25, 0.3) is 0 Å². The Morgan fingerprint density at radius 3 is 1.86 bits per heavy atom. The van der Waals surface area contributed by atoms with Crippen LogP contribution in [0.1, 0.15) is 27.7 Å². The lowest BCUT2D eigenvalue weighted by molar-refractivity contribution is -0.376. The molecule has 5 atom stereocenters. The third-order valence-corrected chi connectivity index (χ3v) is 3.58. The van der Waals surface area contributed by atoms with Gasteiger partial charge in [0.15, 0.2) is 6.29 Å². The highest BCUT2D eigenvalue weighted by molar-refractivity contribution is 5.12. The first kappa shape index (κ1) is 11.9. The first-order chi connectivity index (χ1) is 6.05. The van der Waals surface area contributed by atoms with Gasteiger partial charge in [0.2, 0.25) is 0 Å². The largest absolute Gasteiger partial charge is 0.384 e. The van der Waals surface area contributed by atoms with Gasteiger partial charge in [0.05, 0.1) is 6.10 Å².